The second kappa shape index (κ2) is 19.0. The van der Waals surface area contributed by atoms with Crippen LogP contribution in [0.15, 0.2) is 0 Å². The van der Waals surface area contributed by atoms with Crippen molar-refractivity contribution >= 4 is 0 Å². The molecule has 0 N–H and O–H groups in total. The van der Waals surface area contributed by atoms with Crippen LogP contribution in [0, 0.1) is 6.92 Å². The summed E-state index contributed by atoms with van der Waals surface area (Å²) in [6, 6.07) is 0. The van der Waals surface area contributed by atoms with Crippen LogP contribution in [-0.4, -0.2) is 0 Å². The van der Waals surface area contributed by atoms with E-state index in [4.69, 9.17) is 0 Å². The van der Waals surface area contributed by atoms with E-state index in [2.05, 4.69) is 13.8 Å². The monoisotopic (exact) mass is 328 g/mol. The van der Waals surface area contributed by atoms with Crippen LogP contribution in [0.2, 0.25) is 0 Å². The maximum atomic E-state index is 3.87. The Hall–Kier alpha value is 0.623. The zero-order valence-corrected chi connectivity index (χ0v) is 13.6. The number of hydrogen-bond donors (Lipinski definition) is 0. The largest absolute Gasteiger partial charge is 0.343 e. The van der Waals surface area contributed by atoms with E-state index in [1.54, 1.807) is 0 Å². The summed E-state index contributed by atoms with van der Waals surface area (Å²) in [4.78, 5) is 0. The van der Waals surface area contributed by atoms with Crippen LogP contribution in [0.5, 0.6) is 0 Å². The van der Waals surface area contributed by atoms with E-state index in [9.17, 15) is 0 Å². The molecule has 0 atom stereocenters. The maximum absolute atomic E-state index is 3.87. The van der Waals surface area contributed by atoms with Gasteiger partial charge in [0.05, 0.1) is 0 Å². The molecule has 0 aliphatic heterocycles. The van der Waals surface area contributed by atoms with Gasteiger partial charge >= 0.3 is 0 Å². The molecule has 0 aliphatic carbocycles. The third kappa shape index (κ3) is 19.2. The Bertz CT molecular complexity index is 98.1. The molecule has 0 amide bonds. The first-order valence-electron chi connectivity index (χ1n) is 7.71. The van der Waals surface area contributed by atoms with E-state index < -0.39 is 0 Å². The fourth-order valence-corrected chi connectivity index (χ4v) is 2.19. The van der Waals surface area contributed by atoms with E-state index in [-0.39, 0.29) is 19.5 Å². The van der Waals surface area contributed by atoms with Gasteiger partial charge < -0.3 is 6.92 Å². The van der Waals surface area contributed by atoms with Gasteiger partial charge in [-0.15, -0.1) is 0 Å². The predicted molar refractivity (Wildman–Crippen MR) is 75.7 cm³/mol. The van der Waals surface area contributed by atoms with Crippen molar-refractivity contribution in [2.45, 2.75) is 96.8 Å². The minimum Gasteiger partial charge on any atom is -0.343 e. The predicted octanol–water partition coefficient (Wildman–Crippen LogP) is 6.30. The minimum absolute atomic E-state index is 0. The number of unbranched alkanes of at least 4 members (excludes halogenated alkanes) is 13. The molecular weight excluding hydrogens is 295 g/mol. The molecule has 0 aromatic carbocycles. The maximum Gasteiger partial charge on any atom is 0 e. The molecule has 0 rings (SSSR count). The Morgan fingerprint density at radius 3 is 1.12 bits per heavy atom. The third-order valence-electron chi connectivity index (χ3n) is 3.35. The van der Waals surface area contributed by atoms with Crippen LogP contribution in [0.1, 0.15) is 96.8 Å². The molecule has 0 fully saturated rings. The number of hydrogen-bond acceptors (Lipinski definition) is 0. The first kappa shape index (κ1) is 20.0. The average Bonchev–Trinajstić information content (AvgIpc) is 2.31. The second-order valence-corrected chi connectivity index (χ2v) is 5.10. The van der Waals surface area contributed by atoms with E-state index in [1.807, 2.05) is 0 Å². The van der Waals surface area contributed by atoms with E-state index in [0.29, 0.717) is 0 Å². The molecule has 107 valence electrons. The van der Waals surface area contributed by atoms with Crippen molar-refractivity contribution in [3.8, 4) is 0 Å². The molecule has 1 heteroatoms. The van der Waals surface area contributed by atoms with Gasteiger partial charge in [0, 0.05) is 19.5 Å². The van der Waals surface area contributed by atoms with E-state index in [1.165, 1.54) is 83.5 Å². The Morgan fingerprint density at radius 2 is 0.824 bits per heavy atom. The van der Waals surface area contributed by atoms with E-state index >= 15 is 0 Å². The SMILES string of the molecule is [CH2-]CCCCCCCCCCCCCCC.[Rh]. The first-order valence-corrected chi connectivity index (χ1v) is 7.71. The van der Waals surface area contributed by atoms with Crippen molar-refractivity contribution in [1.29, 1.82) is 0 Å². The van der Waals surface area contributed by atoms with Crippen molar-refractivity contribution in [2.75, 3.05) is 0 Å². The van der Waals surface area contributed by atoms with Gasteiger partial charge in [0.2, 0.25) is 0 Å². The fraction of sp³-hybridized carbons (Fsp3) is 0.938. The molecule has 0 heterocycles. The Kier molecular flexibility index (Phi) is 22.3. The van der Waals surface area contributed by atoms with Crippen LogP contribution in [0.25, 0.3) is 0 Å². The fourth-order valence-electron chi connectivity index (χ4n) is 2.19. The van der Waals surface area contributed by atoms with Crippen molar-refractivity contribution in [3.63, 3.8) is 0 Å². The summed E-state index contributed by atoms with van der Waals surface area (Å²) < 4.78 is 0. The first-order chi connectivity index (χ1) is 7.91. The summed E-state index contributed by atoms with van der Waals surface area (Å²) in [5.41, 5.74) is 0. The van der Waals surface area contributed by atoms with Gasteiger partial charge in [-0.05, 0) is 0 Å². The summed E-state index contributed by atoms with van der Waals surface area (Å²) in [6.45, 7) is 6.16. The number of rotatable bonds is 13. The molecule has 17 heavy (non-hydrogen) atoms. The van der Waals surface area contributed by atoms with Crippen LogP contribution in [0.4, 0.5) is 0 Å². The molecule has 0 nitrogen and oxygen atoms in total. The van der Waals surface area contributed by atoms with Crippen LogP contribution < -0.4 is 0 Å². The molecular formula is C16H33Rh-. The summed E-state index contributed by atoms with van der Waals surface area (Å²) in [5.74, 6) is 0. The van der Waals surface area contributed by atoms with Crippen LogP contribution in [0.3, 0.4) is 0 Å². The molecule has 0 saturated carbocycles. The van der Waals surface area contributed by atoms with Gasteiger partial charge in [-0.2, -0.15) is 6.42 Å². The molecule has 0 unspecified atom stereocenters. The summed E-state index contributed by atoms with van der Waals surface area (Å²) in [7, 11) is 0. The molecule has 0 aromatic rings. The molecule has 0 spiro atoms. The van der Waals surface area contributed by atoms with Crippen molar-refractivity contribution in [3.05, 3.63) is 6.92 Å². The molecule has 0 bridgehead atoms. The third-order valence-corrected chi connectivity index (χ3v) is 3.35. The topological polar surface area (TPSA) is 0 Å². The van der Waals surface area contributed by atoms with Crippen molar-refractivity contribution in [1.82, 2.24) is 0 Å². The Labute approximate surface area is 123 Å². The molecule has 0 aromatic heterocycles. The standard InChI is InChI=1S/C16H33.Rh/c1-3-5-7-9-11-13-15-16-14-12-10-8-6-4-2;/h1,3-16H2,2H3;/q-1;. The van der Waals surface area contributed by atoms with Gasteiger partial charge in [0.1, 0.15) is 0 Å². The Balaban J connectivity index is 0. The van der Waals surface area contributed by atoms with Gasteiger partial charge in [-0.25, -0.2) is 0 Å². The normalized spacial score (nSPS) is 10.2. The molecule has 0 aliphatic rings. The van der Waals surface area contributed by atoms with Gasteiger partial charge in [-0.3, -0.25) is 0 Å². The summed E-state index contributed by atoms with van der Waals surface area (Å²) in [5, 5.41) is 0. The molecule has 0 saturated heterocycles. The van der Waals surface area contributed by atoms with Gasteiger partial charge in [0.25, 0.3) is 0 Å². The van der Waals surface area contributed by atoms with Crippen molar-refractivity contribution < 1.29 is 19.5 Å². The zero-order chi connectivity index (χ0) is 11.9. The molecule has 1 radical (unpaired) electrons. The van der Waals surface area contributed by atoms with Crippen molar-refractivity contribution in [2.24, 2.45) is 0 Å². The van der Waals surface area contributed by atoms with Crippen LogP contribution >= 0.6 is 0 Å². The summed E-state index contributed by atoms with van der Waals surface area (Å²) in [6.07, 6.45) is 19.8. The second-order valence-electron chi connectivity index (χ2n) is 5.10. The van der Waals surface area contributed by atoms with Gasteiger partial charge in [0.15, 0.2) is 0 Å². The van der Waals surface area contributed by atoms with Gasteiger partial charge in [-0.1, -0.05) is 90.4 Å². The quantitative estimate of drug-likeness (QED) is 0.211. The minimum atomic E-state index is 0. The van der Waals surface area contributed by atoms with E-state index in [0.717, 1.165) is 6.42 Å². The Morgan fingerprint density at radius 1 is 0.529 bits per heavy atom. The smallest absolute Gasteiger partial charge is 0 e. The average molecular weight is 328 g/mol. The zero-order valence-electron chi connectivity index (χ0n) is 11.9. The summed E-state index contributed by atoms with van der Waals surface area (Å²) >= 11 is 0. The van der Waals surface area contributed by atoms with Crippen LogP contribution in [-0.2, 0) is 19.5 Å².